The van der Waals surface area contributed by atoms with Crippen LogP contribution in [-0.2, 0) is 22.6 Å². The first-order valence-electron chi connectivity index (χ1n) is 8.25. The molecule has 0 unspecified atom stereocenters. The van der Waals surface area contributed by atoms with Gasteiger partial charge >= 0.3 is 5.97 Å². The highest BCUT2D eigenvalue weighted by molar-refractivity contribution is 5.89. The molecule has 0 radical (unpaired) electrons. The molecule has 6 N–H and O–H groups in total. The van der Waals surface area contributed by atoms with Gasteiger partial charge in [0, 0.05) is 19.0 Å². The number of hydrogen-bond donors (Lipinski definition) is 5. The Balaban J connectivity index is 1.94. The van der Waals surface area contributed by atoms with Crippen LogP contribution in [0.5, 0.6) is 5.75 Å². The standard InChI is InChI=1S/C19H22N4O4/c1-12(24)22-17(18(25)26)10-13-5-7-16(8-6-13)27-11-14-3-2-4-15(9-14)23-19(20)21/h2-9,17H,10-11H2,1H3,(H,22,24)(H,25,26)(H4,20,21,23)/t17-/m0/s1. The summed E-state index contributed by atoms with van der Waals surface area (Å²) >= 11 is 0. The fourth-order valence-electron chi connectivity index (χ4n) is 2.46. The summed E-state index contributed by atoms with van der Waals surface area (Å²) in [5, 5.41) is 21.5. The van der Waals surface area contributed by atoms with Crippen molar-refractivity contribution >= 4 is 23.5 Å². The number of ether oxygens (including phenoxy) is 1. The Morgan fingerprint density at radius 3 is 2.48 bits per heavy atom. The average Bonchev–Trinajstić information content (AvgIpc) is 2.60. The normalized spacial score (nSPS) is 11.3. The summed E-state index contributed by atoms with van der Waals surface area (Å²) in [6.45, 7) is 1.62. The Morgan fingerprint density at radius 2 is 1.89 bits per heavy atom. The van der Waals surface area contributed by atoms with E-state index in [1.54, 1.807) is 30.3 Å². The molecule has 0 saturated carbocycles. The molecule has 2 rings (SSSR count). The van der Waals surface area contributed by atoms with Gasteiger partial charge < -0.3 is 26.2 Å². The Morgan fingerprint density at radius 1 is 1.19 bits per heavy atom. The van der Waals surface area contributed by atoms with E-state index in [0.717, 1.165) is 11.1 Å². The first-order chi connectivity index (χ1) is 12.8. The lowest BCUT2D eigenvalue weighted by molar-refractivity contribution is -0.141. The van der Waals surface area contributed by atoms with Crippen molar-refractivity contribution in [3.8, 4) is 5.75 Å². The van der Waals surface area contributed by atoms with E-state index in [9.17, 15) is 9.59 Å². The van der Waals surface area contributed by atoms with Crippen LogP contribution in [0.25, 0.3) is 0 Å². The third kappa shape index (κ3) is 6.69. The number of carbonyl (C=O) groups is 2. The average molecular weight is 370 g/mol. The molecule has 0 aliphatic rings. The number of guanidine groups is 1. The Labute approximate surface area is 156 Å². The maximum absolute atomic E-state index is 11.2. The van der Waals surface area contributed by atoms with Crippen LogP contribution in [0.4, 0.5) is 5.69 Å². The Hall–Kier alpha value is -3.55. The number of benzene rings is 2. The number of carboxylic acids is 1. The van der Waals surface area contributed by atoms with Crippen molar-refractivity contribution in [2.45, 2.75) is 26.0 Å². The van der Waals surface area contributed by atoms with E-state index in [2.05, 4.69) is 10.6 Å². The van der Waals surface area contributed by atoms with E-state index in [1.165, 1.54) is 6.92 Å². The molecule has 0 saturated heterocycles. The van der Waals surface area contributed by atoms with Gasteiger partial charge in [-0.15, -0.1) is 0 Å². The molecule has 0 heterocycles. The zero-order chi connectivity index (χ0) is 19.8. The van der Waals surface area contributed by atoms with Crippen molar-refractivity contribution < 1.29 is 19.4 Å². The van der Waals surface area contributed by atoms with E-state index < -0.39 is 12.0 Å². The number of hydrogen-bond acceptors (Lipinski definition) is 4. The van der Waals surface area contributed by atoms with Gasteiger partial charge in [0.05, 0.1) is 0 Å². The van der Waals surface area contributed by atoms with Gasteiger partial charge in [0.25, 0.3) is 0 Å². The van der Waals surface area contributed by atoms with Crippen molar-refractivity contribution in [2.75, 3.05) is 5.32 Å². The largest absolute Gasteiger partial charge is 0.489 e. The van der Waals surface area contributed by atoms with Crippen molar-refractivity contribution in [3.05, 3.63) is 59.7 Å². The van der Waals surface area contributed by atoms with Gasteiger partial charge in [-0.1, -0.05) is 24.3 Å². The fourth-order valence-corrected chi connectivity index (χ4v) is 2.46. The summed E-state index contributed by atoms with van der Waals surface area (Å²) in [7, 11) is 0. The van der Waals surface area contributed by atoms with Crippen LogP contribution in [0.2, 0.25) is 0 Å². The molecule has 2 aromatic rings. The molecule has 142 valence electrons. The van der Waals surface area contributed by atoms with Gasteiger partial charge in [0.15, 0.2) is 5.96 Å². The van der Waals surface area contributed by atoms with Gasteiger partial charge in [0.2, 0.25) is 5.91 Å². The molecule has 1 amide bonds. The van der Waals surface area contributed by atoms with Gasteiger partial charge in [-0.2, -0.15) is 0 Å². The van der Waals surface area contributed by atoms with Crippen molar-refractivity contribution in [1.29, 1.82) is 5.41 Å². The second-order valence-electron chi connectivity index (χ2n) is 5.97. The molecule has 0 aliphatic heterocycles. The molecule has 0 spiro atoms. The van der Waals surface area contributed by atoms with Gasteiger partial charge in [-0.3, -0.25) is 10.2 Å². The van der Waals surface area contributed by atoms with Crippen LogP contribution in [0.15, 0.2) is 48.5 Å². The lowest BCUT2D eigenvalue weighted by atomic mass is 10.1. The number of nitrogens with one attached hydrogen (secondary N) is 3. The fraction of sp³-hybridized carbons (Fsp3) is 0.211. The van der Waals surface area contributed by atoms with E-state index >= 15 is 0 Å². The number of rotatable bonds is 8. The maximum atomic E-state index is 11.2. The highest BCUT2D eigenvalue weighted by Crippen LogP contribution is 2.17. The van der Waals surface area contributed by atoms with Crippen molar-refractivity contribution in [2.24, 2.45) is 5.73 Å². The minimum absolute atomic E-state index is 0.136. The number of carboxylic acid groups (broad SMARTS) is 1. The van der Waals surface area contributed by atoms with Gasteiger partial charge in [-0.05, 0) is 35.4 Å². The SMILES string of the molecule is CC(=O)N[C@@H](Cc1ccc(OCc2cccc(NC(=N)N)c2)cc1)C(=O)O. The lowest BCUT2D eigenvalue weighted by Crippen LogP contribution is -2.41. The molecule has 0 fully saturated rings. The highest BCUT2D eigenvalue weighted by atomic mass is 16.5. The third-order valence-corrected chi connectivity index (χ3v) is 3.65. The molecule has 0 aromatic heterocycles. The quantitative estimate of drug-likeness (QED) is 0.354. The number of carbonyl (C=O) groups excluding carboxylic acids is 1. The van der Waals surface area contributed by atoms with E-state index in [1.807, 2.05) is 18.2 Å². The molecule has 27 heavy (non-hydrogen) atoms. The van der Waals surface area contributed by atoms with Crippen LogP contribution >= 0.6 is 0 Å². The van der Waals surface area contributed by atoms with Crippen LogP contribution in [0.3, 0.4) is 0 Å². The zero-order valence-corrected chi connectivity index (χ0v) is 14.9. The summed E-state index contributed by atoms with van der Waals surface area (Å²) in [6.07, 6.45) is 0.188. The molecular formula is C19H22N4O4. The Bertz CT molecular complexity index is 821. The predicted molar refractivity (Wildman–Crippen MR) is 102 cm³/mol. The minimum atomic E-state index is -1.08. The monoisotopic (exact) mass is 370 g/mol. The second-order valence-corrected chi connectivity index (χ2v) is 5.97. The van der Waals surface area contributed by atoms with E-state index in [-0.39, 0.29) is 18.3 Å². The van der Waals surface area contributed by atoms with Gasteiger partial charge in [0.1, 0.15) is 18.4 Å². The molecular weight excluding hydrogens is 348 g/mol. The van der Waals surface area contributed by atoms with Crippen LogP contribution in [-0.4, -0.2) is 29.0 Å². The molecule has 2 aromatic carbocycles. The zero-order valence-electron chi connectivity index (χ0n) is 14.9. The minimum Gasteiger partial charge on any atom is -0.489 e. The topological polar surface area (TPSA) is 138 Å². The van der Waals surface area contributed by atoms with E-state index in [0.29, 0.717) is 18.0 Å². The Kier molecular flexibility index (Phi) is 6.76. The molecule has 1 atom stereocenters. The molecule has 8 heteroatoms. The first-order valence-corrected chi connectivity index (χ1v) is 8.25. The smallest absolute Gasteiger partial charge is 0.326 e. The summed E-state index contributed by atoms with van der Waals surface area (Å²) in [6, 6.07) is 13.4. The summed E-state index contributed by atoms with van der Waals surface area (Å²) in [5.41, 5.74) is 7.70. The maximum Gasteiger partial charge on any atom is 0.326 e. The summed E-state index contributed by atoms with van der Waals surface area (Å²) in [4.78, 5) is 22.3. The highest BCUT2D eigenvalue weighted by Gasteiger charge is 2.18. The number of aliphatic carboxylic acids is 1. The van der Waals surface area contributed by atoms with Crippen LogP contribution in [0, 0.1) is 5.41 Å². The number of amides is 1. The first kappa shape index (κ1) is 19.8. The van der Waals surface area contributed by atoms with Gasteiger partial charge in [-0.25, -0.2) is 4.79 Å². The van der Waals surface area contributed by atoms with Crippen molar-refractivity contribution in [1.82, 2.24) is 5.32 Å². The number of anilines is 1. The van der Waals surface area contributed by atoms with Crippen LogP contribution < -0.4 is 21.1 Å². The summed E-state index contributed by atoms with van der Waals surface area (Å²) < 4.78 is 5.73. The molecule has 8 nitrogen and oxygen atoms in total. The van der Waals surface area contributed by atoms with Crippen molar-refractivity contribution in [3.63, 3.8) is 0 Å². The summed E-state index contributed by atoms with van der Waals surface area (Å²) in [5.74, 6) is -0.967. The molecule has 0 aliphatic carbocycles. The number of nitrogens with two attached hydrogens (primary N) is 1. The second kappa shape index (κ2) is 9.23. The lowest BCUT2D eigenvalue weighted by Gasteiger charge is -2.14. The predicted octanol–water partition coefficient (Wildman–Crippen LogP) is 1.70. The van der Waals surface area contributed by atoms with Crippen LogP contribution in [0.1, 0.15) is 18.1 Å². The third-order valence-electron chi connectivity index (χ3n) is 3.65. The molecule has 0 bridgehead atoms. The van der Waals surface area contributed by atoms with E-state index in [4.69, 9.17) is 21.0 Å².